The Kier molecular flexibility index (Phi) is 11.2. The van der Waals surface area contributed by atoms with Crippen LogP contribution in [0.5, 0.6) is 11.5 Å². The van der Waals surface area contributed by atoms with Crippen LogP contribution in [0.1, 0.15) is 5.56 Å². The maximum Gasteiger partial charge on any atom is 0.255 e. The van der Waals surface area contributed by atoms with E-state index in [0.717, 1.165) is 17.3 Å². The van der Waals surface area contributed by atoms with Crippen molar-refractivity contribution >= 4 is 47.4 Å². The van der Waals surface area contributed by atoms with Gasteiger partial charge in [-0.3, -0.25) is 9.79 Å². The van der Waals surface area contributed by atoms with Gasteiger partial charge in [-0.2, -0.15) is 0 Å². The van der Waals surface area contributed by atoms with E-state index in [4.69, 9.17) is 26.8 Å². The van der Waals surface area contributed by atoms with Crippen LogP contribution in [-0.4, -0.2) is 50.6 Å². The number of carbonyl (C=O) groups is 1. The Hall–Kier alpha value is -2.20. The molecule has 158 valence electrons. The molecule has 7 nitrogen and oxygen atoms in total. The molecule has 1 amide bonds. The van der Waals surface area contributed by atoms with Crippen LogP contribution >= 0.6 is 35.6 Å². The highest BCUT2D eigenvalue weighted by molar-refractivity contribution is 14.0. The van der Waals surface area contributed by atoms with Crippen molar-refractivity contribution in [1.29, 1.82) is 0 Å². The standard InChI is InChI=1S/C20H25ClN4O3.HI/c1-23-20(25(2)10-11-27-17-8-6-16(21)7-9-17)24-13-15-4-3-5-18(12-15)28-14-19(22)26;/h3-9,12H,10-11,13-14H2,1-2H3,(H2,22,26)(H,23,24);1H. The molecule has 29 heavy (non-hydrogen) atoms. The van der Waals surface area contributed by atoms with Crippen LogP contribution in [-0.2, 0) is 11.3 Å². The number of likely N-dealkylation sites (N-methyl/N-ethyl adjacent to an activating group) is 1. The lowest BCUT2D eigenvalue weighted by atomic mass is 10.2. The van der Waals surface area contributed by atoms with Crippen molar-refractivity contribution in [3.05, 3.63) is 59.1 Å². The van der Waals surface area contributed by atoms with Crippen molar-refractivity contribution in [2.24, 2.45) is 10.7 Å². The fourth-order valence-corrected chi connectivity index (χ4v) is 2.53. The summed E-state index contributed by atoms with van der Waals surface area (Å²) in [6.07, 6.45) is 0. The van der Waals surface area contributed by atoms with Gasteiger partial charge >= 0.3 is 0 Å². The number of guanidine groups is 1. The smallest absolute Gasteiger partial charge is 0.255 e. The van der Waals surface area contributed by atoms with Gasteiger partial charge in [0.05, 0.1) is 6.54 Å². The summed E-state index contributed by atoms with van der Waals surface area (Å²) < 4.78 is 11.0. The van der Waals surface area contributed by atoms with Gasteiger partial charge in [-0.05, 0) is 42.0 Å². The monoisotopic (exact) mass is 532 g/mol. The van der Waals surface area contributed by atoms with E-state index >= 15 is 0 Å². The van der Waals surface area contributed by atoms with E-state index in [-0.39, 0.29) is 30.6 Å². The predicted octanol–water partition coefficient (Wildman–Crippen LogP) is 2.91. The average Bonchev–Trinajstić information content (AvgIpc) is 2.69. The minimum absolute atomic E-state index is 0. The third-order valence-corrected chi connectivity index (χ3v) is 4.06. The van der Waals surface area contributed by atoms with Crippen LogP contribution < -0.4 is 20.5 Å². The van der Waals surface area contributed by atoms with E-state index in [2.05, 4.69) is 10.3 Å². The van der Waals surface area contributed by atoms with E-state index in [0.29, 0.717) is 30.5 Å². The van der Waals surface area contributed by atoms with Crippen LogP contribution in [0.4, 0.5) is 0 Å². The highest BCUT2D eigenvalue weighted by Gasteiger charge is 2.07. The SMILES string of the molecule is CN=C(NCc1cccc(OCC(N)=O)c1)N(C)CCOc1ccc(Cl)cc1.I. The largest absolute Gasteiger partial charge is 0.492 e. The summed E-state index contributed by atoms with van der Waals surface area (Å²) in [5, 5.41) is 3.97. The first-order valence-electron chi connectivity index (χ1n) is 8.78. The summed E-state index contributed by atoms with van der Waals surface area (Å²) in [5.41, 5.74) is 6.09. The molecule has 0 aliphatic heterocycles. The number of hydrogen-bond donors (Lipinski definition) is 2. The molecule has 3 N–H and O–H groups in total. The second-order valence-electron chi connectivity index (χ2n) is 6.03. The lowest BCUT2D eigenvalue weighted by molar-refractivity contribution is -0.119. The molecule has 2 aromatic rings. The number of amides is 1. The quantitative estimate of drug-likeness (QED) is 0.295. The molecule has 0 aliphatic carbocycles. The van der Waals surface area contributed by atoms with Gasteiger partial charge < -0.3 is 25.4 Å². The molecule has 0 radical (unpaired) electrons. The molecule has 0 aromatic heterocycles. The average molecular weight is 533 g/mol. The number of carbonyl (C=O) groups excluding carboxylic acids is 1. The number of halogens is 2. The number of primary amides is 1. The third-order valence-electron chi connectivity index (χ3n) is 3.81. The van der Waals surface area contributed by atoms with Gasteiger partial charge in [0, 0.05) is 25.7 Å². The Morgan fingerprint density at radius 1 is 1.17 bits per heavy atom. The van der Waals surface area contributed by atoms with Crippen molar-refractivity contribution in [3.63, 3.8) is 0 Å². The summed E-state index contributed by atoms with van der Waals surface area (Å²) in [6.45, 7) is 1.58. The Morgan fingerprint density at radius 2 is 1.90 bits per heavy atom. The van der Waals surface area contributed by atoms with Gasteiger partial charge in [0.2, 0.25) is 0 Å². The van der Waals surface area contributed by atoms with Gasteiger partial charge in [-0.1, -0.05) is 23.7 Å². The highest BCUT2D eigenvalue weighted by Crippen LogP contribution is 2.15. The van der Waals surface area contributed by atoms with Gasteiger partial charge in [0.25, 0.3) is 5.91 Å². The van der Waals surface area contributed by atoms with Crippen molar-refractivity contribution in [3.8, 4) is 11.5 Å². The van der Waals surface area contributed by atoms with E-state index in [1.165, 1.54) is 0 Å². The molecule has 2 aromatic carbocycles. The number of nitrogens with one attached hydrogen (secondary N) is 1. The van der Waals surface area contributed by atoms with E-state index in [1.807, 2.05) is 42.3 Å². The van der Waals surface area contributed by atoms with Crippen LogP contribution in [0.3, 0.4) is 0 Å². The molecule has 0 atom stereocenters. The number of nitrogens with zero attached hydrogens (tertiary/aromatic N) is 2. The summed E-state index contributed by atoms with van der Waals surface area (Å²) in [6, 6.07) is 14.7. The molecular weight excluding hydrogens is 507 g/mol. The van der Waals surface area contributed by atoms with Crippen LogP contribution in [0, 0.1) is 0 Å². The van der Waals surface area contributed by atoms with Crippen LogP contribution in [0.2, 0.25) is 5.02 Å². The summed E-state index contributed by atoms with van der Waals surface area (Å²) >= 11 is 5.87. The van der Waals surface area contributed by atoms with Crippen molar-refractivity contribution in [2.45, 2.75) is 6.54 Å². The number of hydrogen-bond acceptors (Lipinski definition) is 4. The maximum absolute atomic E-state index is 10.8. The second kappa shape index (κ2) is 13.1. The molecule has 0 saturated carbocycles. The third kappa shape index (κ3) is 9.23. The highest BCUT2D eigenvalue weighted by atomic mass is 127. The first kappa shape index (κ1) is 24.8. The van der Waals surface area contributed by atoms with E-state index in [9.17, 15) is 4.79 Å². The first-order chi connectivity index (χ1) is 13.5. The molecule has 0 fully saturated rings. The maximum atomic E-state index is 10.8. The molecule has 0 heterocycles. The van der Waals surface area contributed by atoms with Gasteiger partial charge in [0.1, 0.15) is 18.1 Å². The summed E-state index contributed by atoms with van der Waals surface area (Å²) in [7, 11) is 3.66. The minimum Gasteiger partial charge on any atom is -0.492 e. The van der Waals surface area contributed by atoms with Crippen molar-refractivity contribution in [2.75, 3.05) is 33.9 Å². The first-order valence-corrected chi connectivity index (χ1v) is 9.16. The molecule has 0 saturated heterocycles. The fourth-order valence-electron chi connectivity index (χ4n) is 2.40. The zero-order valence-electron chi connectivity index (χ0n) is 16.4. The number of aliphatic imine (C=N–C) groups is 1. The van der Waals surface area contributed by atoms with E-state index < -0.39 is 5.91 Å². The van der Waals surface area contributed by atoms with Gasteiger partial charge in [-0.15, -0.1) is 24.0 Å². The van der Waals surface area contributed by atoms with E-state index in [1.54, 1.807) is 25.2 Å². The number of benzene rings is 2. The zero-order valence-corrected chi connectivity index (χ0v) is 19.5. The second-order valence-corrected chi connectivity index (χ2v) is 6.46. The normalized spacial score (nSPS) is 10.7. The van der Waals surface area contributed by atoms with Crippen LogP contribution in [0.15, 0.2) is 53.5 Å². The molecule has 0 spiro atoms. The Bertz CT molecular complexity index is 803. The molecule has 9 heteroatoms. The van der Waals surface area contributed by atoms with Gasteiger partial charge in [0.15, 0.2) is 12.6 Å². The van der Waals surface area contributed by atoms with Gasteiger partial charge in [-0.25, -0.2) is 0 Å². The topological polar surface area (TPSA) is 89.2 Å². The molecule has 0 bridgehead atoms. The lowest BCUT2D eigenvalue weighted by Crippen LogP contribution is -2.40. The summed E-state index contributed by atoms with van der Waals surface area (Å²) in [5.74, 6) is 1.60. The number of rotatable bonds is 9. The lowest BCUT2D eigenvalue weighted by Gasteiger charge is -2.22. The van der Waals surface area contributed by atoms with Crippen molar-refractivity contribution in [1.82, 2.24) is 10.2 Å². The Labute approximate surface area is 193 Å². The summed E-state index contributed by atoms with van der Waals surface area (Å²) in [4.78, 5) is 17.1. The fraction of sp³-hybridized carbons (Fsp3) is 0.300. The number of ether oxygens (including phenoxy) is 2. The predicted molar refractivity (Wildman–Crippen MR) is 126 cm³/mol. The molecule has 0 unspecified atom stereocenters. The minimum atomic E-state index is -0.508. The molecular formula is C20H26ClIN4O3. The Morgan fingerprint density at radius 3 is 2.55 bits per heavy atom. The Balaban J connectivity index is 0.00000420. The molecule has 0 aliphatic rings. The zero-order chi connectivity index (χ0) is 20.4. The van der Waals surface area contributed by atoms with Crippen LogP contribution in [0.25, 0.3) is 0 Å². The number of nitrogens with two attached hydrogens (primary N) is 1. The van der Waals surface area contributed by atoms with Crippen molar-refractivity contribution < 1.29 is 14.3 Å². The molecule has 2 rings (SSSR count).